The van der Waals surface area contributed by atoms with Crippen molar-refractivity contribution in [3.8, 4) is 21.6 Å². The van der Waals surface area contributed by atoms with Crippen LogP contribution in [0.2, 0.25) is 0 Å². The minimum atomic E-state index is -0.408. The lowest BCUT2D eigenvalue weighted by molar-refractivity contribution is -0.146. The summed E-state index contributed by atoms with van der Waals surface area (Å²) in [5.74, 6) is -0.0920. The van der Waals surface area contributed by atoms with Crippen molar-refractivity contribution in [1.82, 2.24) is 0 Å². The Hall–Kier alpha value is -2.59. The van der Waals surface area contributed by atoms with E-state index in [1.54, 1.807) is 11.3 Å². The highest BCUT2D eigenvalue weighted by atomic mass is 32.1. The van der Waals surface area contributed by atoms with Gasteiger partial charge < -0.3 is 10.5 Å². The summed E-state index contributed by atoms with van der Waals surface area (Å²) in [4.78, 5) is 13.3. The molecule has 1 fully saturated rings. The van der Waals surface area contributed by atoms with E-state index >= 15 is 0 Å². The molecule has 0 amide bonds. The maximum absolute atomic E-state index is 12.2. The highest BCUT2D eigenvalue weighted by molar-refractivity contribution is 7.14. The highest BCUT2D eigenvalue weighted by Crippen LogP contribution is 2.49. The first kappa shape index (κ1) is 16.9. The average Bonchev–Trinajstić information content (AvgIpc) is 3.38. The molecule has 2 aromatic carbocycles. The number of hydrogen-bond donors (Lipinski definition) is 1. The fraction of sp³-hybridized carbons (Fsp3) is 0.227. The first-order valence-electron chi connectivity index (χ1n) is 8.85. The summed E-state index contributed by atoms with van der Waals surface area (Å²) in [6, 6.07) is 18.7. The highest BCUT2D eigenvalue weighted by Gasteiger charge is 2.52. The van der Waals surface area contributed by atoms with Crippen molar-refractivity contribution in [2.75, 3.05) is 12.3 Å². The standard InChI is InChI=1S/C22H21NO2S/c1-2-25-21(24)22(12-13-22)18-9-7-16(8-10-18)15-3-5-17(6-4-15)20-19(23)11-14-26-20/h3-11,14H,2,12-13,23H2,1H3. The number of rotatable bonds is 5. The van der Waals surface area contributed by atoms with Gasteiger partial charge in [-0.15, -0.1) is 11.3 Å². The minimum Gasteiger partial charge on any atom is -0.465 e. The normalized spacial score (nSPS) is 14.8. The summed E-state index contributed by atoms with van der Waals surface area (Å²) in [5, 5.41) is 2.01. The third-order valence-electron chi connectivity index (χ3n) is 5.03. The van der Waals surface area contributed by atoms with E-state index in [1.165, 1.54) is 0 Å². The molecule has 3 aromatic rings. The largest absolute Gasteiger partial charge is 0.465 e. The van der Waals surface area contributed by atoms with Gasteiger partial charge in [-0.25, -0.2) is 0 Å². The second-order valence-corrected chi connectivity index (χ2v) is 7.58. The van der Waals surface area contributed by atoms with E-state index < -0.39 is 5.41 Å². The Labute approximate surface area is 157 Å². The quantitative estimate of drug-likeness (QED) is 0.629. The zero-order valence-electron chi connectivity index (χ0n) is 14.7. The third kappa shape index (κ3) is 2.90. The number of nitrogen functional groups attached to an aromatic ring is 1. The summed E-state index contributed by atoms with van der Waals surface area (Å²) in [6.07, 6.45) is 1.75. The summed E-state index contributed by atoms with van der Waals surface area (Å²) in [7, 11) is 0. The van der Waals surface area contributed by atoms with E-state index in [2.05, 4.69) is 48.5 Å². The van der Waals surface area contributed by atoms with Crippen LogP contribution >= 0.6 is 11.3 Å². The van der Waals surface area contributed by atoms with E-state index in [-0.39, 0.29) is 5.97 Å². The van der Waals surface area contributed by atoms with Gasteiger partial charge >= 0.3 is 5.97 Å². The van der Waals surface area contributed by atoms with Crippen molar-refractivity contribution in [2.24, 2.45) is 0 Å². The molecule has 0 atom stereocenters. The fourth-order valence-corrected chi connectivity index (χ4v) is 4.18. The summed E-state index contributed by atoms with van der Waals surface area (Å²) < 4.78 is 5.25. The Morgan fingerprint density at radius 3 is 2.08 bits per heavy atom. The number of ether oxygens (including phenoxy) is 1. The van der Waals surface area contributed by atoms with Crippen LogP contribution in [-0.4, -0.2) is 12.6 Å². The summed E-state index contributed by atoms with van der Waals surface area (Å²) in [5.41, 5.74) is 10.9. The lowest BCUT2D eigenvalue weighted by Crippen LogP contribution is -2.23. The third-order valence-corrected chi connectivity index (χ3v) is 6.01. The van der Waals surface area contributed by atoms with Crippen LogP contribution in [0.15, 0.2) is 60.0 Å². The van der Waals surface area contributed by atoms with E-state index in [1.807, 2.05) is 18.4 Å². The molecule has 1 heterocycles. The van der Waals surface area contributed by atoms with Crippen molar-refractivity contribution < 1.29 is 9.53 Å². The van der Waals surface area contributed by atoms with Gasteiger partial charge in [0.05, 0.1) is 22.6 Å². The number of esters is 1. The monoisotopic (exact) mass is 363 g/mol. The molecule has 1 saturated carbocycles. The van der Waals surface area contributed by atoms with Crippen LogP contribution < -0.4 is 5.73 Å². The van der Waals surface area contributed by atoms with Crippen LogP contribution in [0.1, 0.15) is 25.3 Å². The Bertz CT molecular complexity index is 922. The van der Waals surface area contributed by atoms with Gasteiger partial charge in [0.2, 0.25) is 0 Å². The van der Waals surface area contributed by atoms with Gasteiger partial charge in [0.1, 0.15) is 0 Å². The smallest absolute Gasteiger partial charge is 0.316 e. The molecule has 26 heavy (non-hydrogen) atoms. The van der Waals surface area contributed by atoms with Crippen LogP contribution in [0.3, 0.4) is 0 Å². The fourth-order valence-electron chi connectivity index (χ4n) is 3.35. The van der Waals surface area contributed by atoms with Gasteiger partial charge in [-0.3, -0.25) is 4.79 Å². The van der Waals surface area contributed by atoms with Crippen LogP contribution in [0.25, 0.3) is 21.6 Å². The van der Waals surface area contributed by atoms with Crippen molar-refractivity contribution >= 4 is 23.0 Å². The first-order chi connectivity index (χ1) is 12.6. The SMILES string of the molecule is CCOC(=O)C1(c2ccc(-c3ccc(-c4sccc4N)cc3)cc2)CC1. The van der Waals surface area contributed by atoms with E-state index in [0.717, 1.165) is 45.7 Å². The predicted octanol–water partition coefficient (Wildman–Crippen LogP) is 5.26. The molecule has 0 radical (unpaired) electrons. The number of carbonyl (C=O) groups is 1. The molecule has 0 unspecified atom stereocenters. The molecule has 3 nitrogen and oxygen atoms in total. The van der Waals surface area contributed by atoms with Gasteiger partial charge in [-0.1, -0.05) is 48.5 Å². The molecule has 2 N–H and O–H groups in total. The van der Waals surface area contributed by atoms with Gasteiger partial charge in [0.15, 0.2) is 0 Å². The van der Waals surface area contributed by atoms with Gasteiger partial charge in [0, 0.05) is 0 Å². The Morgan fingerprint density at radius 2 is 1.58 bits per heavy atom. The van der Waals surface area contributed by atoms with E-state index in [4.69, 9.17) is 10.5 Å². The van der Waals surface area contributed by atoms with Crippen LogP contribution in [-0.2, 0) is 14.9 Å². The van der Waals surface area contributed by atoms with Crippen LogP contribution in [0.4, 0.5) is 5.69 Å². The molecule has 1 aromatic heterocycles. The molecule has 1 aliphatic carbocycles. The second-order valence-electron chi connectivity index (χ2n) is 6.66. The zero-order valence-corrected chi connectivity index (χ0v) is 15.5. The predicted molar refractivity (Wildman–Crippen MR) is 107 cm³/mol. The molecular weight excluding hydrogens is 342 g/mol. The molecule has 1 aliphatic rings. The Kier molecular flexibility index (Phi) is 4.29. The molecule has 0 spiro atoms. The van der Waals surface area contributed by atoms with Crippen molar-refractivity contribution in [1.29, 1.82) is 0 Å². The van der Waals surface area contributed by atoms with Crippen molar-refractivity contribution in [3.05, 3.63) is 65.5 Å². The summed E-state index contributed by atoms with van der Waals surface area (Å²) >= 11 is 1.65. The number of anilines is 1. The minimum absolute atomic E-state index is 0.0920. The lowest BCUT2D eigenvalue weighted by atomic mass is 9.93. The zero-order chi connectivity index (χ0) is 18.1. The van der Waals surface area contributed by atoms with Gasteiger partial charge in [0.25, 0.3) is 0 Å². The number of hydrogen-bond acceptors (Lipinski definition) is 4. The van der Waals surface area contributed by atoms with Gasteiger partial charge in [-0.05, 0) is 53.5 Å². The van der Waals surface area contributed by atoms with Crippen LogP contribution in [0, 0.1) is 0 Å². The topological polar surface area (TPSA) is 52.3 Å². The molecular formula is C22H21NO2S. The maximum atomic E-state index is 12.2. The summed E-state index contributed by atoms with van der Waals surface area (Å²) in [6.45, 7) is 2.28. The number of carbonyl (C=O) groups excluding carboxylic acids is 1. The molecule has 0 bridgehead atoms. The first-order valence-corrected chi connectivity index (χ1v) is 9.73. The van der Waals surface area contributed by atoms with Crippen molar-refractivity contribution in [3.63, 3.8) is 0 Å². The average molecular weight is 363 g/mol. The Morgan fingerprint density at radius 1 is 1.00 bits per heavy atom. The Balaban J connectivity index is 1.56. The number of benzene rings is 2. The second kappa shape index (κ2) is 6.61. The molecule has 4 heteroatoms. The van der Waals surface area contributed by atoms with E-state index in [0.29, 0.717) is 6.61 Å². The van der Waals surface area contributed by atoms with Crippen LogP contribution in [0.5, 0.6) is 0 Å². The molecule has 0 saturated heterocycles. The molecule has 4 rings (SSSR count). The molecule has 0 aliphatic heterocycles. The maximum Gasteiger partial charge on any atom is 0.316 e. The number of nitrogens with two attached hydrogens (primary N) is 1. The lowest BCUT2D eigenvalue weighted by Gasteiger charge is -2.14. The van der Waals surface area contributed by atoms with Crippen molar-refractivity contribution in [2.45, 2.75) is 25.2 Å². The number of thiophene rings is 1. The van der Waals surface area contributed by atoms with Gasteiger partial charge in [-0.2, -0.15) is 0 Å². The van der Waals surface area contributed by atoms with E-state index in [9.17, 15) is 4.79 Å². The molecule has 132 valence electrons.